The van der Waals surface area contributed by atoms with Crippen LogP contribution in [-0.2, 0) is 0 Å². The summed E-state index contributed by atoms with van der Waals surface area (Å²) in [5.74, 6) is 0. The average molecular weight is 437 g/mol. The summed E-state index contributed by atoms with van der Waals surface area (Å²) in [6.07, 6.45) is 26.2. The normalized spacial score (nSPS) is 13.2. The van der Waals surface area contributed by atoms with Crippen molar-refractivity contribution in [2.75, 3.05) is 32.8 Å². The summed E-state index contributed by atoms with van der Waals surface area (Å²) in [7, 11) is 0. The van der Waals surface area contributed by atoms with Crippen LogP contribution in [0.3, 0.4) is 0 Å². The summed E-state index contributed by atoms with van der Waals surface area (Å²) in [6.45, 7) is 9.00. The van der Waals surface area contributed by atoms with Crippen LogP contribution in [0.25, 0.3) is 0 Å². The van der Waals surface area contributed by atoms with Crippen molar-refractivity contribution in [3.05, 3.63) is 12.4 Å². The zero-order chi connectivity index (χ0) is 22.4. The Labute approximate surface area is 193 Å². The lowest BCUT2D eigenvalue weighted by molar-refractivity contribution is 0.238. The molecule has 1 rings (SSSR count). The smallest absolute Gasteiger partial charge is 0.314 e. The molecule has 0 fully saturated rings. The number of urea groups is 1. The molecule has 2 amide bonds. The van der Waals surface area contributed by atoms with Crippen LogP contribution >= 0.6 is 0 Å². The van der Waals surface area contributed by atoms with Gasteiger partial charge in [-0.1, -0.05) is 97.3 Å². The Morgan fingerprint density at radius 1 is 0.613 bits per heavy atom. The van der Waals surface area contributed by atoms with E-state index in [0.29, 0.717) is 0 Å². The molecule has 0 atom stereocenters. The maximum absolute atomic E-state index is 11.5. The van der Waals surface area contributed by atoms with Gasteiger partial charge in [-0.25, -0.2) is 4.79 Å². The van der Waals surface area contributed by atoms with Crippen molar-refractivity contribution in [2.24, 2.45) is 0 Å². The minimum atomic E-state index is -0.0433. The van der Waals surface area contributed by atoms with E-state index in [1.54, 1.807) is 0 Å². The molecule has 0 aromatic carbocycles. The van der Waals surface area contributed by atoms with Crippen LogP contribution < -0.4 is 10.6 Å². The molecule has 0 aromatic heterocycles. The molecule has 5 heteroatoms. The summed E-state index contributed by atoms with van der Waals surface area (Å²) in [5, 5.41) is 5.76. The molecule has 1 aliphatic rings. The lowest BCUT2D eigenvalue weighted by Crippen LogP contribution is -2.37. The molecule has 2 N–H and O–H groups in total. The molecule has 0 saturated heterocycles. The van der Waals surface area contributed by atoms with E-state index >= 15 is 0 Å². The third-order valence-corrected chi connectivity index (χ3v) is 6.09. The molecule has 0 spiro atoms. The van der Waals surface area contributed by atoms with Gasteiger partial charge in [0.05, 0.1) is 6.67 Å². The summed E-state index contributed by atoms with van der Waals surface area (Å²) in [6, 6.07) is -0.0433. The highest BCUT2D eigenvalue weighted by Crippen LogP contribution is 2.14. The van der Waals surface area contributed by atoms with Gasteiger partial charge >= 0.3 is 6.03 Å². The van der Waals surface area contributed by atoms with Crippen LogP contribution in [0.1, 0.15) is 117 Å². The van der Waals surface area contributed by atoms with Crippen molar-refractivity contribution in [1.82, 2.24) is 20.4 Å². The number of rotatable bonds is 21. The van der Waals surface area contributed by atoms with E-state index in [1.165, 1.54) is 96.4 Å². The first-order valence-electron chi connectivity index (χ1n) is 13.4. The topological polar surface area (TPSA) is 47.6 Å². The van der Waals surface area contributed by atoms with E-state index in [9.17, 15) is 4.79 Å². The Bertz CT molecular complexity index is 441. The molecule has 5 nitrogen and oxygen atoms in total. The van der Waals surface area contributed by atoms with Crippen molar-refractivity contribution < 1.29 is 4.79 Å². The molecule has 0 bridgehead atoms. The van der Waals surface area contributed by atoms with E-state index in [2.05, 4.69) is 46.7 Å². The van der Waals surface area contributed by atoms with Crippen molar-refractivity contribution in [3.8, 4) is 0 Å². The summed E-state index contributed by atoms with van der Waals surface area (Å²) >= 11 is 0. The predicted octanol–water partition coefficient (Wildman–Crippen LogP) is 6.61. The van der Waals surface area contributed by atoms with Crippen molar-refractivity contribution in [3.63, 3.8) is 0 Å². The molecule has 31 heavy (non-hydrogen) atoms. The van der Waals surface area contributed by atoms with Crippen molar-refractivity contribution in [2.45, 2.75) is 117 Å². The minimum Gasteiger partial charge on any atom is -0.359 e. The van der Waals surface area contributed by atoms with Crippen molar-refractivity contribution in [1.29, 1.82) is 0 Å². The van der Waals surface area contributed by atoms with Crippen LogP contribution in [-0.4, -0.2) is 48.7 Å². The van der Waals surface area contributed by atoms with Gasteiger partial charge in [0.25, 0.3) is 0 Å². The molecule has 182 valence electrons. The Morgan fingerprint density at radius 3 is 1.58 bits per heavy atom. The van der Waals surface area contributed by atoms with Crippen LogP contribution in [0.4, 0.5) is 4.79 Å². The molecule has 0 unspecified atom stereocenters. The molecule has 0 saturated carbocycles. The predicted molar refractivity (Wildman–Crippen MR) is 134 cm³/mol. The first-order chi connectivity index (χ1) is 15.3. The van der Waals surface area contributed by atoms with Crippen LogP contribution in [0.5, 0.6) is 0 Å². The number of unbranched alkanes of at least 4 members (excludes halogenated alkanes) is 13. The number of hydrogen-bond acceptors (Lipinski definition) is 3. The van der Waals surface area contributed by atoms with E-state index in [1.807, 2.05) is 0 Å². The van der Waals surface area contributed by atoms with Gasteiger partial charge in [-0.05, 0) is 19.3 Å². The largest absolute Gasteiger partial charge is 0.359 e. The molecular formula is C26H52N4O. The maximum atomic E-state index is 11.5. The van der Waals surface area contributed by atoms with Gasteiger partial charge in [0.15, 0.2) is 0 Å². The highest BCUT2D eigenvalue weighted by molar-refractivity contribution is 5.73. The molecular weight excluding hydrogens is 384 g/mol. The van der Waals surface area contributed by atoms with Crippen LogP contribution in [0.15, 0.2) is 12.4 Å². The van der Waals surface area contributed by atoms with Gasteiger partial charge in [0, 0.05) is 38.6 Å². The van der Waals surface area contributed by atoms with E-state index in [-0.39, 0.29) is 6.03 Å². The molecule has 1 aliphatic heterocycles. The zero-order valence-electron chi connectivity index (χ0n) is 20.8. The molecule has 0 aliphatic carbocycles. The van der Waals surface area contributed by atoms with Crippen molar-refractivity contribution >= 4 is 6.03 Å². The number of carbonyl (C=O) groups excluding carboxylic acids is 1. The lowest BCUT2D eigenvalue weighted by atomic mass is 10.0. The fraction of sp³-hybridized carbons (Fsp3) is 0.885. The summed E-state index contributed by atoms with van der Waals surface area (Å²) in [4.78, 5) is 16.3. The van der Waals surface area contributed by atoms with E-state index in [4.69, 9.17) is 0 Å². The number of nitrogens with zero attached hydrogens (tertiary/aromatic N) is 2. The maximum Gasteiger partial charge on any atom is 0.314 e. The van der Waals surface area contributed by atoms with Gasteiger partial charge < -0.3 is 20.4 Å². The first-order valence-corrected chi connectivity index (χ1v) is 13.4. The highest BCUT2D eigenvalue weighted by Gasteiger charge is 2.11. The molecule has 1 heterocycles. The van der Waals surface area contributed by atoms with Crippen LogP contribution in [0, 0.1) is 0 Å². The SMILES string of the molecule is CCCCCCCCCCCCCCCCN1C=CN(CCCNC(=O)NCCC)C1. The van der Waals surface area contributed by atoms with Gasteiger partial charge in [0.1, 0.15) is 0 Å². The lowest BCUT2D eigenvalue weighted by Gasteiger charge is -2.21. The Hall–Kier alpha value is -1.39. The molecule has 0 radical (unpaired) electrons. The van der Waals surface area contributed by atoms with E-state index in [0.717, 1.165) is 39.1 Å². The third-order valence-electron chi connectivity index (χ3n) is 6.09. The monoisotopic (exact) mass is 436 g/mol. The zero-order valence-corrected chi connectivity index (χ0v) is 20.8. The average Bonchev–Trinajstić information content (AvgIpc) is 3.23. The highest BCUT2D eigenvalue weighted by atomic mass is 16.2. The third kappa shape index (κ3) is 16.9. The quantitative estimate of drug-likeness (QED) is 0.199. The standard InChI is InChI=1S/C26H52N4O/c1-3-5-6-7-8-9-10-11-12-13-14-15-16-17-21-29-23-24-30(25-29)22-18-20-28-26(31)27-19-4-2/h23-24H,3-22,25H2,1-2H3,(H2,27,28,31). The fourth-order valence-corrected chi connectivity index (χ4v) is 4.10. The number of nitrogens with one attached hydrogen (secondary N) is 2. The van der Waals surface area contributed by atoms with Gasteiger partial charge in [-0.15, -0.1) is 0 Å². The summed E-state index contributed by atoms with van der Waals surface area (Å²) in [5.41, 5.74) is 0. The first kappa shape index (κ1) is 27.6. The van der Waals surface area contributed by atoms with Gasteiger partial charge in [-0.3, -0.25) is 0 Å². The van der Waals surface area contributed by atoms with Gasteiger partial charge in [0.2, 0.25) is 0 Å². The second-order valence-electron chi connectivity index (χ2n) is 9.20. The molecule has 0 aromatic rings. The fourth-order valence-electron chi connectivity index (χ4n) is 4.10. The number of amides is 2. The van der Waals surface area contributed by atoms with Gasteiger partial charge in [-0.2, -0.15) is 0 Å². The van der Waals surface area contributed by atoms with E-state index < -0.39 is 0 Å². The number of hydrogen-bond donors (Lipinski definition) is 2. The number of carbonyl (C=O) groups is 1. The minimum absolute atomic E-state index is 0.0433. The summed E-state index contributed by atoms with van der Waals surface area (Å²) < 4.78 is 0. The Balaban J connectivity index is 1.81. The van der Waals surface area contributed by atoms with Crippen LogP contribution in [0.2, 0.25) is 0 Å². The Morgan fingerprint density at radius 2 is 1.06 bits per heavy atom. The second kappa shape index (κ2) is 20.5. The second-order valence-corrected chi connectivity index (χ2v) is 9.20. The Kier molecular flexibility index (Phi) is 18.3.